The molecule has 142 valence electrons. The molecule has 3 nitrogen and oxygen atoms in total. The molecule has 0 spiro atoms. The van der Waals surface area contributed by atoms with E-state index in [2.05, 4.69) is 74.9 Å². The van der Waals surface area contributed by atoms with E-state index in [0.29, 0.717) is 0 Å². The van der Waals surface area contributed by atoms with Crippen molar-refractivity contribution in [1.29, 1.82) is 0 Å². The van der Waals surface area contributed by atoms with E-state index in [1.807, 2.05) is 6.07 Å². The first-order valence-electron chi connectivity index (χ1n) is 9.51. The van der Waals surface area contributed by atoms with Crippen LogP contribution in [-0.2, 0) is 7.05 Å². The SMILES string of the molecule is COc1cc(C)c2c(c1)cc1c(-c3ccccc3)c(OC)c(C)c(C)c1[n+]2C. The van der Waals surface area contributed by atoms with Crippen molar-refractivity contribution in [3.8, 4) is 22.6 Å². The van der Waals surface area contributed by atoms with E-state index >= 15 is 0 Å². The third kappa shape index (κ3) is 2.62. The van der Waals surface area contributed by atoms with Gasteiger partial charge in [-0.3, -0.25) is 0 Å². The van der Waals surface area contributed by atoms with Gasteiger partial charge >= 0.3 is 0 Å². The molecule has 0 radical (unpaired) electrons. The Bertz CT molecular complexity index is 1210. The zero-order chi connectivity index (χ0) is 20.0. The number of nitrogens with zero attached hydrogens (tertiary/aromatic N) is 1. The Morgan fingerprint density at radius 3 is 2.14 bits per heavy atom. The first-order valence-corrected chi connectivity index (χ1v) is 9.51. The summed E-state index contributed by atoms with van der Waals surface area (Å²) in [5, 5.41) is 2.35. The Hall–Kier alpha value is -3.07. The summed E-state index contributed by atoms with van der Waals surface area (Å²) in [6, 6.07) is 17.0. The number of aromatic nitrogens is 1. The summed E-state index contributed by atoms with van der Waals surface area (Å²) in [5.74, 6) is 1.82. The molecule has 0 fully saturated rings. The van der Waals surface area contributed by atoms with Gasteiger partial charge in [0, 0.05) is 22.3 Å². The first-order chi connectivity index (χ1) is 13.5. The molecule has 3 heteroatoms. The number of methoxy groups -OCH3 is 2. The molecular formula is C25H26NO2+. The van der Waals surface area contributed by atoms with Crippen molar-refractivity contribution in [3.05, 3.63) is 65.2 Å². The summed E-state index contributed by atoms with van der Waals surface area (Å²) >= 11 is 0. The van der Waals surface area contributed by atoms with Gasteiger partial charge in [0.2, 0.25) is 11.0 Å². The minimum atomic E-state index is 0.876. The highest BCUT2D eigenvalue weighted by molar-refractivity contribution is 6.03. The van der Waals surface area contributed by atoms with Gasteiger partial charge in [-0.2, -0.15) is 4.57 Å². The normalized spacial score (nSPS) is 11.2. The van der Waals surface area contributed by atoms with Crippen LogP contribution < -0.4 is 14.0 Å². The summed E-state index contributed by atoms with van der Waals surface area (Å²) in [4.78, 5) is 0. The van der Waals surface area contributed by atoms with E-state index in [-0.39, 0.29) is 0 Å². The number of aryl methyl sites for hydroxylation is 3. The summed E-state index contributed by atoms with van der Waals surface area (Å²) < 4.78 is 13.7. The van der Waals surface area contributed by atoms with Crippen LogP contribution in [0.5, 0.6) is 11.5 Å². The van der Waals surface area contributed by atoms with Crippen molar-refractivity contribution in [2.75, 3.05) is 14.2 Å². The number of pyridine rings is 1. The molecule has 0 unspecified atom stereocenters. The zero-order valence-corrected chi connectivity index (χ0v) is 17.4. The van der Waals surface area contributed by atoms with Crippen LogP contribution in [0.1, 0.15) is 16.7 Å². The molecule has 28 heavy (non-hydrogen) atoms. The Balaban J connectivity index is 2.27. The molecule has 0 atom stereocenters. The fourth-order valence-corrected chi connectivity index (χ4v) is 4.42. The third-order valence-electron chi connectivity index (χ3n) is 5.79. The Morgan fingerprint density at radius 1 is 0.786 bits per heavy atom. The number of fused-ring (bicyclic) bond motifs is 2. The molecule has 0 bridgehead atoms. The van der Waals surface area contributed by atoms with Crippen LogP contribution in [0.15, 0.2) is 48.5 Å². The molecule has 4 aromatic rings. The minimum absolute atomic E-state index is 0.876. The summed E-state index contributed by atoms with van der Waals surface area (Å²) in [6.45, 7) is 6.46. The topological polar surface area (TPSA) is 22.3 Å². The first kappa shape index (κ1) is 18.3. The number of hydrogen-bond acceptors (Lipinski definition) is 2. The van der Waals surface area contributed by atoms with Gasteiger partial charge in [-0.05, 0) is 44.5 Å². The second-order valence-corrected chi connectivity index (χ2v) is 7.37. The lowest BCUT2D eigenvalue weighted by Gasteiger charge is -2.18. The van der Waals surface area contributed by atoms with Crippen molar-refractivity contribution in [2.45, 2.75) is 20.8 Å². The second kappa shape index (κ2) is 6.83. The minimum Gasteiger partial charge on any atom is -0.497 e. The van der Waals surface area contributed by atoms with E-state index in [1.165, 1.54) is 33.1 Å². The van der Waals surface area contributed by atoms with Gasteiger partial charge in [-0.15, -0.1) is 0 Å². The average Bonchev–Trinajstić information content (AvgIpc) is 2.70. The van der Waals surface area contributed by atoms with Gasteiger partial charge in [0.05, 0.1) is 25.0 Å². The van der Waals surface area contributed by atoms with Crippen LogP contribution in [0.25, 0.3) is 32.9 Å². The molecule has 0 aliphatic heterocycles. The van der Waals surface area contributed by atoms with Crippen LogP contribution in [0.4, 0.5) is 0 Å². The standard InChI is InChI=1S/C25H26NO2/c1-15-12-20(27-5)13-19-14-21-22(18-10-8-7-9-11-18)25(28-6)17(3)16(2)24(21)26(4)23(15)19/h7-14H,1-6H3/q+1. The molecule has 1 aromatic heterocycles. The van der Waals surface area contributed by atoms with E-state index in [4.69, 9.17) is 9.47 Å². The van der Waals surface area contributed by atoms with Crippen LogP contribution in [0.2, 0.25) is 0 Å². The van der Waals surface area contributed by atoms with Gasteiger partial charge in [-0.25, -0.2) is 0 Å². The number of rotatable bonds is 3. The number of ether oxygens (including phenoxy) is 2. The van der Waals surface area contributed by atoms with E-state index in [1.54, 1.807) is 14.2 Å². The van der Waals surface area contributed by atoms with E-state index in [0.717, 1.165) is 28.0 Å². The van der Waals surface area contributed by atoms with Gasteiger partial charge in [0.1, 0.15) is 18.5 Å². The predicted molar refractivity (Wildman–Crippen MR) is 115 cm³/mol. The lowest BCUT2D eigenvalue weighted by molar-refractivity contribution is -0.618. The van der Waals surface area contributed by atoms with Crippen molar-refractivity contribution >= 4 is 21.8 Å². The highest BCUT2D eigenvalue weighted by Crippen LogP contribution is 2.42. The fraction of sp³-hybridized carbons (Fsp3) is 0.240. The molecule has 0 N–H and O–H groups in total. The lowest BCUT2D eigenvalue weighted by Crippen LogP contribution is -2.32. The molecule has 0 saturated heterocycles. The monoisotopic (exact) mass is 372 g/mol. The maximum atomic E-state index is 5.91. The van der Waals surface area contributed by atoms with Gasteiger partial charge in [-0.1, -0.05) is 30.3 Å². The smallest absolute Gasteiger partial charge is 0.216 e. The number of benzene rings is 3. The molecule has 4 rings (SSSR count). The lowest BCUT2D eigenvalue weighted by atomic mass is 9.92. The van der Waals surface area contributed by atoms with Crippen molar-refractivity contribution < 1.29 is 14.0 Å². The molecule has 0 saturated carbocycles. The Labute approximate surface area is 166 Å². The summed E-state index contributed by atoms with van der Waals surface area (Å²) in [5.41, 5.74) is 8.37. The highest BCUT2D eigenvalue weighted by Gasteiger charge is 2.25. The van der Waals surface area contributed by atoms with Gasteiger partial charge in [0.15, 0.2) is 0 Å². The average molecular weight is 372 g/mol. The van der Waals surface area contributed by atoms with Crippen molar-refractivity contribution in [2.24, 2.45) is 7.05 Å². The number of hydrogen-bond donors (Lipinski definition) is 0. The van der Waals surface area contributed by atoms with Gasteiger partial charge in [0.25, 0.3) is 0 Å². The fourth-order valence-electron chi connectivity index (χ4n) is 4.42. The van der Waals surface area contributed by atoms with Crippen LogP contribution in [0.3, 0.4) is 0 Å². The predicted octanol–water partition coefficient (Wildman–Crippen LogP) is 5.43. The largest absolute Gasteiger partial charge is 0.497 e. The summed E-state index contributed by atoms with van der Waals surface area (Å²) in [7, 11) is 5.62. The van der Waals surface area contributed by atoms with Crippen LogP contribution >= 0.6 is 0 Å². The quantitative estimate of drug-likeness (QED) is 0.354. The molecule has 0 amide bonds. The second-order valence-electron chi connectivity index (χ2n) is 7.37. The Morgan fingerprint density at radius 2 is 1.50 bits per heavy atom. The van der Waals surface area contributed by atoms with Crippen molar-refractivity contribution in [1.82, 2.24) is 0 Å². The highest BCUT2D eigenvalue weighted by atomic mass is 16.5. The van der Waals surface area contributed by atoms with E-state index in [9.17, 15) is 0 Å². The van der Waals surface area contributed by atoms with E-state index < -0.39 is 0 Å². The van der Waals surface area contributed by atoms with Crippen molar-refractivity contribution in [3.63, 3.8) is 0 Å². The molecule has 0 aliphatic carbocycles. The van der Waals surface area contributed by atoms with Crippen LogP contribution in [-0.4, -0.2) is 14.2 Å². The maximum Gasteiger partial charge on any atom is 0.216 e. The Kier molecular flexibility index (Phi) is 4.46. The molecule has 3 aromatic carbocycles. The van der Waals surface area contributed by atoms with Crippen LogP contribution in [0, 0.1) is 20.8 Å². The summed E-state index contributed by atoms with van der Waals surface area (Å²) in [6.07, 6.45) is 0. The maximum absolute atomic E-state index is 5.91. The molecule has 0 aliphatic rings. The molecule has 1 heterocycles. The zero-order valence-electron chi connectivity index (χ0n) is 17.4. The third-order valence-corrected chi connectivity index (χ3v) is 5.79. The molecular weight excluding hydrogens is 346 g/mol. The van der Waals surface area contributed by atoms with Gasteiger partial charge < -0.3 is 9.47 Å².